The Morgan fingerprint density at radius 3 is 2.81 bits per heavy atom. The largest absolute Gasteiger partial charge is 0.507 e. The van der Waals surface area contributed by atoms with E-state index in [0.29, 0.717) is 12.2 Å². The summed E-state index contributed by atoms with van der Waals surface area (Å²) in [5.41, 5.74) is 1.47. The lowest BCUT2D eigenvalue weighted by atomic mass is 9.99. The van der Waals surface area contributed by atoms with Gasteiger partial charge in [-0.2, -0.15) is 5.26 Å². The van der Waals surface area contributed by atoms with E-state index in [0.717, 1.165) is 5.56 Å². The van der Waals surface area contributed by atoms with Gasteiger partial charge in [0.2, 0.25) is 0 Å². The van der Waals surface area contributed by atoms with Gasteiger partial charge >= 0.3 is 5.97 Å². The highest BCUT2D eigenvalue weighted by Gasteiger charge is 2.14. The van der Waals surface area contributed by atoms with E-state index in [1.807, 2.05) is 6.07 Å². The van der Waals surface area contributed by atoms with Gasteiger partial charge in [0, 0.05) is 0 Å². The summed E-state index contributed by atoms with van der Waals surface area (Å²) in [5.74, 6) is -0.500. The number of hydrogen-bond acceptors (Lipinski definition) is 4. The van der Waals surface area contributed by atoms with Crippen LogP contribution < -0.4 is 0 Å². The van der Waals surface area contributed by atoms with Crippen LogP contribution in [0.3, 0.4) is 0 Å². The smallest absolute Gasteiger partial charge is 0.310 e. The van der Waals surface area contributed by atoms with E-state index in [2.05, 4.69) is 0 Å². The molecule has 0 unspecified atom stereocenters. The Labute approximate surface area is 94.1 Å². The molecule has 1 N–H and O–H groups in total. The monoisotopic (exact) mass is 219 g/mol. The van der Waals surface area contributed by atoms with Gasteiger partial charge in [0.05, 0.1) is 18.6 Å². The predicted octanol–water partition coefficient (Wildman–Crippen LogP) is 1.68. The standard InChI is InChI=1S/C12H13NO3/c1-3-16-12(15)6-9-8(2)4-5-11(14)10(9)7-13/h4-5,14H,3,6H2,1-2H3. The lowest BCUT2D eigenvalue weighted by Gasteiger charge is -2.08. The summed E-state index contributed by atoms with van der Waals surface area (Å²) in [6, 6.07) is 5.01. The van der Waals surface area contributed by atoms with Crippen LogP contribution in [-0.4, -0.2) is 17.7 Å². The van der Waals surface area contributed by atoms with Crippen LogP contribution in [-0.2, 0) is 16.0 Å². The molecule has 0 fully saturated rings. The van der Waals surface area contributed by atoms with Crippen LogP contribution in [0.1, 0.15) is 23.6 Å². The molecule has 0 saturated heterocycles. The number of aromatic hydroxyl groups is 1. The summed E-state index contributed by atoms with van der Waals surface area (Å²) in [5, 5.41) is 18.4. The van der Waals surface area contributed by atoms with Crippen molar-refractivity contribution in [2.24, 2.45) is 0 Å². The van der Waals surface area contributed by atoms with Crippen LogP contribution >= 0.6 is 0 Å². The first-order valence-electron chi connectivity index (χ1n) is 4.97. The number of rotatable bonds is 3. The maximum Gasteiger partial charge on any atom is 0.310 e. The second-order valence-corrected chi connectivity index (χ2v) is 3.35. The zero-order valence-electron chi connectivity index (χ0n) is 9.28. The molecule has 0 saturated carbocycles. The van der Waals surface area contributed by atoms with E-state index in [1.54, 1.807) is 19.9 Å². The Morgan fingerprint density at radius 1 is 1.56 bits per heavy atom. The van der Waals surface area contributed by atoms with E-state index < -0.39 is 5.97 Å². The van der Waals surface area contributed by atoms with Crippen molar-refractivity contribution in [3.63, 3.8) is 0 Å². The first-order valence-corrected chi connectivity index (χ1v) is 4.97. The quantitative estimate of drug-likeness (QED) is 0.785. The highest BCUT2D eigenvalue weighted by molar-refractivity contribution is 5.75. The third-order valence-corrected chi connectivity index (χ3v) is 2.26. The highest BCUT2D eigenvalue weighted by Crippen LogP contribution is 2.24. The van der Waals surface area contributed by atoms with Gasteiger partial charge in [0.1, 0.15) is 11.8 Å². The fraction of sp³-hybridized carbons (Fsp3) is 0.333. The lowest BCUT2D eigenvalue weighted by molar-refractivity contribution is -0.142. The van der Waals surface area contributed by atoms with Crippen LogP contribution in [0.2, 0.25) is 0 Å². The Balaban J connectivity index is 3.08. The van der Waals surface area contributed by atoms with Crippen LogP contribution in [0.15, 0.2) is 12.1 Å². The second kappa shape index (κ2) is 5.17. The van der Waals surface area contributed by atoms with E-state index >= 15 is 0 Å². The summed E-state index contributed by atoms with van der Waals surface area (Å²) >= 11 is 0. The Morgan fingerprint density at radius 2 is 2.25 bits per heavy atom. The number of aryl methyl sites for hydroxylation is 1. The number of benzene rings is 1. The first-order chi connectivity index (χ1) is 7.60. The van der Waals surface area contributed by atoms with Crippen molar-refractivity contribution in [1.29, 1.82) is 5.26 Å². The van der Waals surface area contributed by atoms with Gasteiger partial charge in [-0.25, -0.2) is 0 Å². The summed E-state index contributed by atoms with van der Waals surface area (Å²) in [6.45, 7) is 3.81. The molecule has 0 amide bonds. The fourth-order valence-electron chi connectivity index (χ4n) is 1.45. The van der Waals surface area contributed by atoms with Gasteiger partial charge < -0.3 is 9.84 Å². The van der Waals surface area contributed by atoms with Crippen molar-refractivity contribution < 1.29 is 14.6 Å². The number of carbonyl (C=O) groups excluding carboxylic acids is 1. The average Bonchev–Trinajstić information content (AvgIpc) is 2.24. The molecular formula is C12H13NO3. The van der Waals surface area contributed by atoms with Gasteiger partial charge in [-0.15, -0.1) is 0 Å². The molecule has 1 rings (SSSR count). The number of hydrogen-bond donors (Lipinski definition) is 1. The number of esters is 1. The Hall–Kier alpha value is -2.02. The molecule has 0 radical (unpaired) electrons. The minimum absolute atomic E-state index is 0.0109. The van der Waals surface area contributed by atoms with Crippen LogP contribution in [0.5, 0.6) is 5.75 Å². The summed E-state index contributed by atoms with van der Waals surface area (Å²) in [6.07, 6.45) is 0.0109. The lowest BCUT2D eigenvalue weighted by Crippen LogP contribution is -2.10. The molecule has 0 heterocycles. The van der Waals surface area contributed by atoms with Gasteiger partial charge in [0.25, 0.3) is 0 Å². The molecule has 0 aliphatic heterocycles. The van der Waals surface area contributed by atoms with E-state index in [1.165, 1.54) is 6.07 Å². The third kappa shape index (κ3) is 2.51. The third-order valence-electron chi connectivity index (χ3n) is 2.26. The minimum atomic E-state index is -0.396. The molecule has 16 heavy (non-hydrogen) atoms. The van der Waals surface area contributed by atoms with Crippen molar-refractivity contribution in [2.75, 3.05) is 6.61 Å². The predicted molar refractivity (Wildman–Crippen MR) is 57.9 cm³/mol. The van der Waals surface area contributed by atoms with Crippen molar-refractivity contribution in [3.8, 4) is 11.8 Å². The van der Waals surface area contributed by atoms with Crippen molar-refractivity contribution in [1.82, 2.24) is 0 Å². The van der Waals surface area contributed by atoms with Crippen molar-refractivity contribution in [3.05, 3.63) is 28.8 Å². The maximum absolute atomic E-state index is 11.3. The topological polar surface area (TPSA) is 70.3 Å². The van der Waals surface area contributed by atoms with Crippen LogP contribution in [0, 0.1) is 18.3 Å². The molecule has 0 bridgehead atoms. The molecule has 0 aliphatic rings. The van der Waals surface area contributed by atoms with Gasteiger partial charge in [-0.1, -0.05) is 6.07 Å². The van der Waals surface area contributed by atoms with Crippen LogP contribution in [0.25, 0.3) is 0 Å². The van der Waals surface area contributed by atoms with E-state index in [9.17, 15) is 9.90 Å². The Kier molecular flexibility index (Phi) is 3.90. The molecular weight excluding hydrogens is 206 g/mol. The molecule has 0 aliphatic carbocycles. The number of phenols is 1. The zero-order valence-corrected chi connectivity index (χ0v) is 9.28. The summed E-state index contributed by atoms with van der Waals surface area (Å²) in [7, 11) is 0. The number of carbonyl (C=O) groups is 1. The zero-order chi connectivity index (χ0) is 12.1. The van der Waals surface area contributed by atoms with Gasteiger partial charge in [0.15, 0.2) is 0 Å². The Bertz CT molecular complexity index is 446. The second-order valence-electron chi connectivity index (χ2n) is 3.35. The van der Waals surface area contributed by atoms with Crippen molar-refractivity contribution in [2.45, 2.75) is 20.3 Å². The van der Waals surface area contributed by atoms with E-state index in [-0.39, 0.29) is 17.7 Å². The molecule has 0 spiro atoms. The number of ether oxygens (including phenoxy) is 1. The van der Waals surface area contributed by atoms with E-state index in [4.69, 9.17) is 10.00 Å². The van der Waals surface area contributed by atoms with Crippen LogP contribution in [0.4, 0.5) is 0 Å². The molecule has 84 valence electrons. The first kappa shape index (κ1) is 12.1. The number of phenolic OH excluding ortho intramolecular Hbond substituents is 1. The molecule has 1 aromatic carbocycles. The number of nitrogens with zero attached hydrogens (tertiary/aromatic N) is 1. The molecule has 4 heteroatoms. The van der Waals surface area contributed by atoms with Gasteiger partial charge in [-0.3, -0.25) is 4.79 Å². The minimum Gasteiger partial charge on any atom is -0.507 e. The summed E-state index contributed by atoms with van der Waals surface area (Å²) < 4.78 is 4.81. The van der Waals surface area contributed by atoms with Gasteiger partial charge in [-0.05, 0) is 31.0 Å². The maximum atomic E-state index is 11.3. The average molecular weight is 219 g/mol. The molecule has 0 aromatic heterocycles. The highest BCUT2D eigenvalue weighted by atomic mass is 16.5. The fourth-order valence-corrected chi connectivity index (χ4v) is 1.45. The SMILES string of the molecule is CCOC(=O)Cc1c(C)ccc(O)c1C#N. The molecule has 4 nitrogen and oxygen atoms in total. The van der Waals surface area contributed by atoms with Crippen molar-refractivity contribution >= 4 is 5.97 Å². The summed E-state index contributed by atoms with van der Waals surface area (Å²) in [4.78, 5) is 11.3. The number of nitriles is 1. The molecule has 1 aromatic rings. The molecule has 0 atom stereocenters. The normalized spacial score (nSPS) is 9.56.